The smallest absolute Gasteiger partial charge is 0.131 e. The highest BCUT2D eigenvalue weighted by Crippen LogP contribution is 2.63. The standard InChI is InChI=1S/C15H24N3OP/c1-3-4-15(13-5-7-14(16)8-6-13)19-20(2,17-9-10-17)18-11-12-18/h5-8,15H,2-4,9-12,16H2,1H3. The summed E-state index contributed by atoms with van der Waals surface area (Å²) < 4.78 is 11.4. The van der Waals surface area contributed by atoms with Gasteiger partial charge in [0.15, 0.2) is 0 Å². The predicted molar refractivity (Wildman–Crippen MR) is 86.8 cm³/mol. The molecule has 2 fully saturated rings. The zero-order valence-electron chi connectivity index (χ0n) is 12.2. The van der Waals surface area contributed by atoms with Crippen molar-refractivity contribution in [2.45, 2.75) is 25.9 Å². The second-order valence-corrected chi connectivity index (χ2v) is 8.29. The summed E-state index contributed by atoms with van der Waals surface area (Å²) in [6.45, 7) is 6.73. The minimum absolute atomic E-state index is 0.132. The van der Waals surface area contributed by atoms with Crippen LogP contribution in [-0.2, 0) is 4.52 Å². The quantitative estimate of drug-likeness (QED) is 0.477. The predicted octanol–water partition coefficient (Wildman–Crippen LogP) is 2.95. The van der Waals surface area contributed by atoms with Crippen molar-refractivity contribution in [1.29, 1.82) is 0 Å². The zero-order chi connectivity index (χ0) is 14.2. The molecular formula is C15H24N3OP. The Kier molecular flexibility index (Phi) is 3.91. The molecule has 0 radical (unpaired) electrons. The van der Waals surface area contributed by atoms with Crippen molar-refractivity contribution in [3.05, 3.63) is 29.8 Å². The maximum atomic E-state index is 6.56. The van der Waals surface area contributed by atoms with Crippen LogP contribution in [0.25, 0.3) is 0 Å². The van der Waals surface area contributed by atoms with E-state index < -0.39 is 7.41 Å². The van der Waals surface area contributed by atoms with Crippen LogP contribution in [0.5, 0.6) is 0 Å². The third-order valence-electron chi connectivity index (χ3n) is 3.89. The van der Waals surface area contributed by atoms with E-state index in [0.717, 1.165) is 44.7 Å². The Balaban J connectivity index is 1.79. The van der Waals surface area contributed by atoms with E-state index in [-0.39, 0.29) is 6.10 Å². The van der Waals surface area contributed by atoms with Crippen molar-refractivity contribution in [3.8, 4) is 0 Å². The number of rotatable bonds is 7. The first-order valence-electron chi connectivity index (χ1n) is 7.41. The van der Waals surface area contributed by atoms with Crippen LogP contribution in [0.3, 0.4) is 0 Å². The molecular weight excluding hydrogens is 269 g/mol. The molecule has 1 aromatic rings. The fourth-order valence-electron chi connectivity index (χ4n) is 2.48. The Morgan fingerprint density at radius 2 is 1.75 bits per heavy atom. The van der Waals surface area contributed by atoms with E-state index in [0.29, 0.717) is 0 Å². The fraction of sp³-hybridized carbons (Fsp3) is 0.533. The first kappa shape index (κ1) is 14.2. The van der Waals surface area contributed by atoms with Crippen LogP contribution < -0.4 is 5.73 Å². The van der Waals surface area contributed by atoms with Crippen molar-refractivity contribution >= 4 is 19.4 Å². The molecule has 3 rings (SSSR count). The number of anilines is 1. The van der Waals surface area contributed by atoms with Crippen LogP contribution >= 0.6 is 7.41 Å². The highest BCUT2D eigenvalue weighted by molar-refractivity contribution is 7.65. The summed E-state index contributed by atoms with van der Waals surface area (Å²) >= 11 is 0. The van der Waals surface area contributed by atoms with Gasteiger partial charge < -0.3 is 10.3 Å². The van der Waals surface area contributed by atoms with Crippen molar-refractivity contribution in [1.82, 2.24) is 9.34 Å². The Morgan fingerprint density at radius 1 is 1.20 bits per heavy atom. The average molecular weight is 293 g/mol. The molecule has 0 bridgehead atoms. The van der Waals surface area contributed by atoms with Crippen molar-refractivity contribution < 1.29 is 4.52 Å². The summed E-state index contributed by atoms with van der Waals surface area (Å²) in [6, 6.07) is 8.09. The number of hydrogen-bond acceptors (Lipinski definition) is 4. The Labute approximate surface area is 121 Å². The van der Waals surface area contributed by atoms with Gasteiger partial charge in [0.25, 0.3) is 0 Å². The van der Waals surface area contributed by atoms with E-state index >= 15 is 0 Å². The Bertz CT molecular complexity index is 492. The molecule has 110 valence electrons. The number of nitrogens with zero attached hydrogens (tertiary/aromatic N) is 2. The van der Waals surface area contributed by atoms with E-state index in [2.05, 4.69) is 34.7 Å². The lowest BCUT2D eigenvalue weighted by Gasteiger charge is -2.32. The Morgan fingerprint density at radius 3 is 2.20 bits per heavy atom. The molecule has 0 spiro atoms. The molecule has 0 aromatic heterocycles. The topological polar surface area (TPSA) is 41.3 Å². The molecule has 1 unspecified atom stereocenters. The van der Waals surface area contributed by atoms with Gasteiger partial charge in [-0.3, -0.25) is 0 Å². The van der Waals surface area contributed by atoms with E-state index in [4.69, 9.17) is 10.3 Å². The monoisotopic (exact) mass is 293 g/mol. The fourth-order valence-corrected chi connectivity index (χ4v) is 5.17. The number of benzene rings is 1. The minimum atomic E-state index is -1.77. The van der Waals surface area contributed by atoms with Crippen molar-refractivity contribution in [3.63, 3.8) is 0 Å². The maximum absolute atomic E-state index is 6.56. The van der Waals surface area contributed by atoms with Crippen LogP contribution in [0.1, 0.15) is 31.4 Å². The maximum Gasteiger partial charge on any atom is 0.131 e. The summed E-state index contributed by atoms with van der Waals surface area (Å²) in [7, 11) is -1.77. The first-order chi connectivity index (χ1) is 9.63. The summed E-state index contributed by atoms with van der Waals surface area (Å²) in [5, 5.41) is 0. The van der Waals surface area contributed by atoms with E-state index in [1.807, 2.05) is 12.1 Å². The molecule has 20 heavy (non-hydrogen) atoms. The normalized spacial score (nSPS) is 20.9. The lowest BCUT2D eigenvalue weighted by atomic mass is 10.1. The molecule has 0 aliphatic carbocycles. The second kappa shape index (κ2) is 5.53. The molecule has 0 saturated carbocycles. The van der Waals surface area contributed by atoms with Crippen LogP contribution in [0.2, 0.25) is 0 Å². The molecule has 4 nitrogen and oxygen atoms in total. The second-order valence-electron chi connectivity index (χ2n) is 5.62. The van der Waals surface area contributed by atoms with Gasteiger partial charge >= 0.3 is 0 Å². The van der Waals surface area contributed by atoms with E-state index in [1.165, 1.54) is 5.56 Å². The number of nitrogens with two attached hydrogens (primary N) is 1. The molecule has 2 aliphatic heterocycles. The molecule has 2 heterocycles. The third-order valence-corrected chi connectivity index (χ3v) is 7.05. The lowest BCUT2D eigenvalue weighted by Crippen LogP contribution is -2.12. The van der Waals surface area contributed by atoms with Crippen LogP contribution in [-0.4, -0.2) is 41.8 Å². The van der Waals surface area contributed by atoms with E-state index in [9.17, 15) is 0 Å². The molecule has 0 amide bonds. The molecule has 1 aromatic carbocycles. The summed E-state index contributed by atoms with van der Waals surface area (Å²) in [4.78, 5) is 0. The van der Waals surface area contributed by atoms with Crippen LogP contribution in [0.15, 0.2) is 24.3 Å². The molecule has 5 heteroatoms. The number of hydrogen-bond donors (Lipinski definition) is 1. The van der Waals surface area contributed by atoms with Gasteiger partial charge in [-0.1, -0.05) is 25.5 Å². The minimum Gasteiger partial charge on any atom is -0.399 e. The van der Waals surface area contributed by atoms with Gasteiger partial charge in [-0.05, 0) is 30.4 Å². The van der Waals surface area contributed by atoms with Gasteiger partial charge in [0.2, 0.25) is 0 Å². The molecule has 2 N–H and O–H groups in total. The highest BCUT2D eigenvalue weighted by atomic mass is 31.2. The largest absolute Gasteiger partial charge is 0.399 e. The van der Waals surface area contributed by atoms with Gasteiger partial charge in [0, 0.05) is 31.9 Å². The van der Waals surface area contributed by atoms with Gasteiger partial charge in [0.1, 0.15) is 7.41 Å². The summed E-state index contributed by atoms with van der Waals surface area (Å²) in [5.41, 5.74) is 7.80. The third kappa shape index (κ3) is 2.94. The van der Waals surface area contributed by atoms with Crippen molar-refractivity contribution in [2.75, 3.05) is 31.9 Å². The van der Waals surface area contributed by atoms with Crippen LogP contribution in [0.4, 0.5) is 5.69 Å². The number of nitrogen functional groups attached to an aromatic ring is 1. The Hall–Kier alpha value is -0.800. The van der Waals surface area contributed by atoms with Gasteiger partial charge in [-0.2, -0.15) is 0 Å². The van der Waals surface area contributed by atoms with E-state index in [1.54, 1.807) is 0 Å². The summed E-state index contributed by atoms with van der Waals surface area (Å²) in [5.74, 6) is 0. The van der Waals surface area contributed by atoms with Crippen molar-refractivity contribution in [2.24, 2.45) is 0 Å². The highest BCUT2D eigenvalue weighted by Gasteiger charge is 2.44. The first-order valence-corrected chi connectivity index (χ1v) is 9.21. The molecule has 2 saturated heterocycles. The SMILES string of the molecule is C=P(OC(CCC)c1ccc(N)cc1)(N1CC1)N1CC1. The van der Waals surface area contributed by atoms with Gasteiger partial charge in [0.05, 0.1) is 6.10 Å². The van der Waals surface area contributed by atoms with Crippen LogP contribution in [0, 0.1) is 0 Å². The summed E-state index contributed by atoms with van der Waals surface area (Å²) in [6.07, 6.45) is 6.74. The average Bonchev–Trinajstić information content (AvgIpc) is 3.31. The van der Waals surface area contributed by atoms with Gasteiger partial charge in [-0.25, -0.2) is 9.34 Å². The molecule has 2 aliphatic rings. The molecule has 1 atom stereocenters. The lowest BCUT2D eigenvalue weighted by molar-refractivity contribution is 0.197. The zero-order valence-corrected chi connectivity index (χ0v) is 13.1. The van der Waals surface area contributed by atoms with Gasteiger partial charge in [-0.15, -0.1) is 0 Å².